The van der Waals surface area contributed by atoms with Gasteiger partial charge in [-0.05, 0) is 68.0 Å². The minimum atomic E-state index is 0.740. The van der Waals surface area contributed by atoms with Gasteiger partial charge in [0.15, 0.2) is 0 Å². The lowest BCUT2D eigenvalue weighted by Crippen LogP contribution is -2.02. The van der Waals surface area contributed by atoms with E-state index in [4.69, 9.17) is 9.47 Å². The van der Waals surface area contributed by atoms with Crippen LogP contribution in [0.15, 0.2) is 42.6 Å². The first-order valence-corrected chi connectivity index (χ1v) is 13.1. The molecule has 0 saturated heterocycles. The van der Waals surface area contributed by atoms with E-state index in [2.05, 4.69) is 43.1 Å². The van der Waals surface area contributed by atoms with E-state index in [1.165, 1.54) is 69.8 Å². The van der Waals surface area contributed by atoms with Gasteiger partial charge in [-0.15, -0.1) is 0 Å². The summed E-state index contributed by atoms with van der Waals surface area (Å²) in [6.45, 7) is 6.98. The molecule has 178 valence electrons. The number of aryl methyl sites for hydroxylation is 1. The first-order valence-electron chi connectivity index (χ1n) is 13.1. The number of aromatic nitrogens is 1. The third-order valence-electron chi connectivity index (χ3n) is 5.89. The lowest BCUT2D eigenvalue weighted by Gasteiger charge is -2.08. The number of unbranched alkanes of at least 4 members (excludes halogenated alkanes) is 9. The number of hydrogen-bond acceptors (Lipinski definition) is 3. The highest BCUT2D eigenvalue weighted by atomic mass is 16.5. The van der Waals surface area contributed by atoms with Gasteiger partial charge < -0.3 is 9.47 Å². The second kappa shape index (κ2) is 17.7. The standard InChI is InChI=1S/C29H45NO2/c1-3-5-7-9-10-11-15-26-16-21-29(30-25-26)27-17-19-28(20-18-27)32-24-14-13-23-31-22-12-8-6-4-2/h16-21,25H,3-15,22-24H2,1-2H3. The van der Waals surface area contributed by atoms with Gasteiger partial charge in [0.1, 0.15) is 5.75 Å². The second-order valence-corrected chi connectivity index (χ2v) is 8.82. The zero-order valence-corrected chi connectivity index (χ0v) is 20.6. The van der Waals surface area contributed by atoms with Crippen LogP contribution in [0.4, 0.5) is 0 Å². The van der Waals surface area contributed by atoms with E-state index in [0.29, 0.717) is 0 Å². The molecule has 0 amide bonds. The second-order valence-electron chi connectivity index (χ2n) is 8.82. The van der Waals surface area contributed by atoms with E-state index in [1.807, 2.05) is 18.3 Å². The lowest BCUT2D eigenvalue weighted by atomic mass is 10.1. The summed E-state index contributed by atoms with van der Waals surface area (Å²) in [4.78, 5) is 4.68. The van der Waals surface area contributed by atoms with Crippen molar-refractivity contribution in [2.45, 2.75) is 97.3 Å². The molecule has 3 heteroatoms. The van der Waals surface area contributed by atoms with Gasteiger partial charge in [0.2, 0.25) is 0 Å². The van der Waals surface area contributed by atoms with E-state index in [1.54, 1.807) is 0 Å². The number of nitrogens with zero attached hydrogens (tertiary/aromatic N) is 1. The van der Waals surface area contributed by atoms with Crippen LogP contribution in [0.25, 0.3) is 11.3 Å². The van der Waals surface area contributed by atoms with E-state index >= 15 is 0 Å². The SMILES string of the molecule is CCCCCCCCc1ccc(-c2ccc(OCCCCOCCCCCC)cc2)nc1. The molecule has 1 aromatic heterocycles. The molecule has 1 heterocycles. The molecule has 0 bridgehead atoms. The molecule has 0 aliphatic heterocycles. The Morgan fingerprint density at radius 2 is 1.25 bits per heavy atom. The van der Waals surface area contributed by atoms with Crippen LogP contribution in [0, 0.1) is 0 Å². The predicted molar refractivity (Wildman–Crippen MR) is 136 cm³/mol. The van der Waals surface area contributed by atoms with Gasteiger partial charge in [0, 0.05) is 25.0 Å². The summed E-state index contributed by atoms with van der Waals surface area (Å²) in [5.41, 5.74) is 3.51. The molecule has 0 atom stereocenters. The van der Waals surface area contributed by atoms with Crippen molar-refractivity contribution < 1.29 is 9.47 Å². The van der Waals surface area contributed by atoms with Crippen LogP contribution in [0.2, 0.25) is 0 Å². The molecule has 2 rings (SSSR count). The quantitative estimate of drug-likeness (QED) is 0.206. The van der Waals surface area contributed by atoms with Gasteiger partial charge in [-0.1, -0.05) is 71.3 Å². The summed E-state index contributed by atoms with van der Waals surface area (Å²) >= 11 is 0. The van der Waals surface area contributed by atoms with E-state index in [9.17, 15) is 0 Å². The van der Waals surface area contributed by atoms with Crippen molar-refractivity contribution in [2.75, 3.05) is 19.8 Å². The van der Waals surface area contributed by atoms with Crippen molar-refractivity contribution >= 4 is 0 Å². The lowest BCUT2D eigenvalue weighted by molar-refractivity contribution is 0.122. The molecule has 3 nitrogen and oxygen atoms in total. The zero-order chi connectivity index (χ0) is 22.7. The first kappa shape index (κ1) is 26.4. The molecule has 2 aromatic rings. The fraction of sp³-hybridized carbons (Fsp3) is 0.621. The topological polar surface area (TPSA) is 31.4 Å². The highest BCUT2D eigenvalue weighted by Crippen LogP contribution is 2.21. The van der Waals surface area contributed by atoms with E-state index < -0.39 is 0 Å². The highest BCUT2D eigenvalue weighted by molar-refractivity contribution is 5.60. The molecular weight excluding hydrogens is 394 g/mol. The van der Waals surface area contributed by atoms with Gasteiger partial charge in [0.05, 0.1) is 12.3 Å². The molecule has 0 aliphatic carbocycles. The molecule has 32 heavy (non-hydrogen) atoms. The van der Waals surface area contributed by atoms with Crippen molar-refractivity contribution in [3.63, 3.8) is 0 Å². The van der Waals surface area contributed by atoms with Crippen LogP contribution < -0.4 is 4.74 Å². The Bertz CT molecular complexity index is 681. The molecule has 0 N–H and O–H groups in total. The number of pyridine rings is 1. The molecule has 0 radical (unpaired) electrons. The van der Waals surface area contributed by atoms with Crippen molar-refractivity contribution in [1.29, 1.82) is 0 Å². The largest absolute Gasteiger partial charge is 0.494 e. The van der Waals surface area contributed by atoms with Crippen LogP contribution in [0.5, 0.6) is 5.75 Å². The molecule has 0 fully saturated rings. The fourth-order valence-corrected chi connectivity index (χ4v) is 3.80. The number of hydrogen-bond donors (Lipinski definition) is 0. The maximum atomic E-state index is 5.88. The Labute approximate surface area is 197 Å². The van der Waals surface area contributed by atoms with Crippen LogP contribution in [-0.4, -0.2) is 24.8 Å². The van der Waals surface area contributed by atoms with Crippen LogP contribution in [-0.2, 0) is 11.2 Å². The predicted octanol–water partition coefficient (Wildman–Crippen LogP) is 8.41. The van der Waals surface area contributed by atoms with Gasteiger partial charge in [-0.25, -0.2) is 0 Å². The van der Waals surface area contributed by atoms with Crippen LogP contribution >= 0.6 is 0 Å². The fourth-order valence-electron chi connectivity index (χ4n) is 3.80. The van der Waals surface area contributed by atoms with Gasteiger partial charge in [-0.2, -0.15) is 0 Å². The first-order chi connectivity index (χ1) is 15.8. The van der Waals surface area contributed by atoms with Crippen molar-refractivity contribution in [2.24, 2.45) is 0 Å². The molecule has 0 aliphatic rings. The summed E-state index contributed by atoms with van der Waals surface area (Å²) in [5.74, 6) is 0.925. The van der Waals surface area contributed by atoms with Crippen molar-refractivity contribution in [1.82, 2.24) is 4.98 Å². The zero-order valence-electron chi connectivity index (χ0n) is 20.6. The molecule has 0 saturated carbocycles. The molecular formula is C29H45NO2. The average Bonchev–Trinajstić information content (AvgIpc) is 2.83. The summed E-state index contributed by atoms with van der Waals surface area (Å²) in [7, 11) is 0. The maximum absolute atomic E-state index is 5.88. The van der Waals surface area contributed by atoms with Gasteiger partial charge >= 0.3 is 0 Å². The van der Waals surface area contributed by atoms with Gasteiger partial charge in [-0.3, -0.25) is 4.98 Å². The molecule has 1 aromatic carbocycles. The summed E-state index contributed by atoms with van der Waals surface area (Å²) in [6.07, 6.45) is 18.3. The summed E-state index contributed by atoms with van der Waals surface area (Å²) < 4.78 is 11.6. The smallest absolute Gasteiger partial charge is 0.119 e. The van der Waals surface area contributed by atoms with Crippen molar-refractivity contribution in [3.8, 4) is 17.0 Å². The maximum Gasteiger partial charge on any atom is 0.119 e. The molecule has 0 spiro atoms. The third-order valence-corrected chi connectivity index (χ3v) is 5.89. The average molecular weight is 440 g/mol. The Balaban J connectivity index is 1.59. The van der Waals surface area contributed by atoms with Crippen molar-refractivity contribution in [3.05, 3.63) is 48.2 Å². The Morgan fingerprint density at radius 3 is 1.94 bits per heavy atom. The third kappa shape index (κ3) is 11.7. The highest BCUT2D eigenvalue weighted by Gasteiger charge is 2.02. The Morgan fingerprint density at radius 1 is 0.625 bits per heavy atom. The normalized spacial score (nSPS) is 11.1. The monoisotopic (exact) mass is 439 g/mol. The van der Waals surface area contributed by atoms with E-state index in [-0.39, 0.29) is 0 Å². The minimum absolute atomic E-state index is 0.740. The summed E-state index contributed by atoms with van der Waals surface area (Å²) in [5, 5.41) is 0. The van der Waals surface area contributed by atoms with Crippen LogP contribution in [0.3, 0.4) is 0 Å². The molecule has 0 unspecified atom stereocenters. The Hall–Kier alpha value is -1.87. The summed E-state index contributed by atoms with van der Waals surface area (Å²) in [6, 6.07) is 12.7. The van der Waals surface area contributed by atoms with E-state index in [0.717, 1.165) is 56.1 Å². The van der Waals surface area contributed by atoms with Gasteiger partial charge in [0.25, 0.3) is 0 Å². The number of ether oxygens (including phenoxy) is 2. The number of rotatable bonds is 19. The van der Waals surface area contributed by atoms with Crippen LogP contribution in [0.1, 0.15) is 96.5 Å². The Kier molecular flexibility index (Phi) is 14.6. The minimum Gasteiger partial charge on any atom is -0.494 e. The number of benzene rings is 1.